The standard InChI is InChI=1S/C14H17N3O3/c18-13(11-3-1-5-15-11)16-6-8-17(9-7-16)14(19)12-4-2-10-20-12/h1-4,10-11,15H,5-9H2/t11-/m0/s1. The summed E-state index contributed by atoms with van der Waals surface area (Å²) in [5.41, 5.74) is 0. The lowest BCUT2D eigenvalue weighted by atomic mass is 10.2. The minimum Gasteiger partial charge on any atom is -0.459 e. The molecule has 1 aromatic heterocycles. The van der Waals surface area contributed by atoms with Gasteiger partial charge in [0.15, 0.2) is 5.76 Å². The molecule has 0 bridgehead atoms. The maximum atomic E-state index is 12.2. The summed E-state index contributed by atoms with van der Waals surface area (Å²) in [5.74, 6) is 0.329. The second kappa shape index (κ2) is 5.50. The molecule has 1 fully saturated rings. The van der Waals surface area contributed by atoms with Crippen molar-refractivity contribution in [1.29, 1.82) is 0 Å². The first-order valence-corrected chi connectivity index (χ1v) is 6.77. The first-order chi connectivity index (χ1) is 9.75. The SMILES string of the molecule is O=C(c1ccco1)N1CCN(C(=O)[C@@H]2C=CCN2)CC1. The van der Waals surface area contributed by atoms with E-state index in [0.29, 0.717) is 31.9 Å². The van der Waals surface area contributed by atoms with Crippen molar-refractivity contribution in [1.82, 2.24) is 15.1 Å². The fourth-order valence-corrected chi connectivity index (χ4v) is 2.52. The summed E-state index contributed by atoms with van der Waals surface area (Å²) in [4.78, 5) is 27.8. The Labute approximate surface area is 117 Å². The zero-order valence-corrected chi connectivity index (χ0v) is 11.1. The van der Waals surface area contributed by atoms with E-state index in [0.717, 1.165) is 6.54 Å². The lowest BCUT2D eigenvalue weighted by Gasteiger charge is -2.35. The Bertz CT molecular complexity index is 516. The number of rotatable bonds is 2. The van der Waals surface area contributed by atoms with Crippen molar-refractivity contribution in [2.45, 2.75) is 6.04 Å². The Kier molecular flexibility index (Phi) is 3.56. The van der Waals surface area contributed by atoms with Crippen molar-refractivity contribution in [3.05, 3.63) is 36.3 Å². The molecule has 1 N–H and O–H groups in total. The molecule has 0 radical (unpaired) electrons. The van der Waals surface area contributed by atoms with E-state index < -0.39 is 0 Å². The third-order valence-electron chi connectivity index (χ3n) is 3.66. The first kappa shape index (κ1) is 12.9. The molecule has 2 aliphatic heterocycles. The van der Waals surface area contributed by atoms with Crippen LogP contribution in [0.15, 0.2) is 35.0 Å². The van der Waals surface area contributed by atoms with Crippen LogP contribution < -0.4 is 5.32 Å². The van der Waals surface area contributed by atoms with Crippen molar-refractivity contribution in [2.24, 2.45) is 0 Å². The number of nitrogens with one attached hydrogen (secondary N) is 1. The van der Waals surface area contributed by atoms with Gasteiger partial charge in [-0.2, -0.15) is 0 Å². The van der Waals surface area contributed by atoms with E-state index in [1.165, 1.54) is 6.26 Å². The Morgan fingerprint density at radius 2 is 1.95 bits per heavy atom. The largest absolute Gasteiger partial charge is 0.459 e. The molecule has 3 heterocycles. The van der Waals surface area contributed by atoms with Crippen molar-refractivity contribution in [3.8, 4) is 0 Å². The molecule has 20 heavy (non-hydrogen) atoms. The molecule has 1 aromatic rings. The molecular weight excluding hydrogens is 258 g/mol. The van der Waals surface area contributed by atoms with E-state index >= 15 is 0 Å². The van der Waals surface area contributed by atoms with Crippen LogP contribution in [0.1, 0.15) is 10.6 Å². The van der Waals surface area contributed by atoms with Gasteiger partial charge in [0, 0.05) is 32.7 Å². The van der Waals surface area contributed by atoms with Gasteiger partial charge in [-0.25, -0.2) is 0 Å². The second-order valence-electron chi connectivity index (χ2n) is 4.91. The average molecular weight is 275 g/mol. The number of nitrogens with zero attached hydrogens (tertiary/aromatic N) is 2. The van der Waals surface area contributed by atoms with Gasteiger partial charge < -0.3 is 14.2 Å². The van der Waals surface area contributed by atoms with Gasteiger partial charge >= 0.3 is 0 Å². The van der Waals surface area contributed by atoms with Crippen LogP contribution >= 0.6 is 0 Å². The molecular formula is C14H17N3O3. The zero-order valence-electron chi connectivity index (χ0n) is 11.1. The third-order valence-corrected chi connectivity index (χ3v) is 3.66. The summed E-state index contributed by atoms with van der Waals surface area (Å²) in [6.07, 6.45) is 5.34. The number of piperazine rings is 1. The number of carbonyl (C=O) groups excluding carboxylic acids is 2. The van der Waals surface area contributed by atoms with Gasteiger partial charge in [-0.05, 0) is 12.1 Å². The Hall–Kier alpha value is -2.08. The van der Waals surface area contributed by atoms with E-state index in [9.17, 15) is 9.59 Å². The predicted molar refractivity (Wildman–Crippen MR) is 72.1 cm³/mol. The van der Waals surface area contributed by atoms with Crippen molar-refractivity contribution >= 4 is 11.8 Å². The number of amides is 2. The maximum Gasteiger partial charge on any atom is 0.289 e. The van der Waals surface area contributed by atoms with Gasteiger partial charge in [-0.1, -0.05) is 12.2 Å². The molecule has 6 nitrogen and oxygen atoms in total. The lowest BCUT2D eigenvalue weighted by molar-refractivity contribution is -0.133. The monoisotopic (exact) mass is 275 g/mol. The quantitative estimate of drug-likeness (QED) is 0.777. The highest BCUT2D eigenvalue weighted by Crippen LogP contribution is 2.11. The first-order valence-electron chi connectivity index (χ1n) is 6.77. The maximum absolute atomic E-state index is 12.2. The topological polar surface area (TPSA) is 65.8 Å². The van der Waals surface area contributed by atoms with Gasteiger partial charge in [-0.15, -0.1) is 0 Å². The minimum absolute atomic E-state index is 0.0869. The van der Waals surface area contributed by atoms with Crippen molar-refractivity contribution in [2.75, 3.05) is 32.7 Å². The van der Waals surface area contributed by atoms with Gasteiger partial charge in [0.2, 0.25) is 5.91 Å². The summed E-state index contributed by atoms with van der Waals surface area (Å²) >= 11 is 0. The molecule has 106 valence electrons. The Morgan fingerprint density at radius 3 is 2.55 bits per heavy atom. The number of carbonyl (C=O) groups is 2. The lowest BCUT2D eigenvalue weighted by Crippen LogP contribution is -2.54. The smallest absolute Gasteiger partial charge is 0.289 e. The fraction of sp³-hybridized carbons (Fsp3) is 0.429. The van der Waals surface area contributed by atoms with Crippen LogP contribution in [-0.2, 0) is 4.79 Å². The number of furan rings is 1. The van der Waals surface area contributed by atoms with Gasteiger partial charge in [-0.3, -0.25) is 14.9 Å². The molecule has 3 rings (SSSR count). The predicted octanol–water partition coefficient (Wildman–Crippen LogP) is 0.0920. The second-order valence-corrected chi connectivity index (χ2v) is 4.91. The van der Waals surface area contributed by atoms with Gasteiger partial charge in [0.05, 0.1) is 6.26 Å². The van der Waals surface area contributed by atoms with Crippen LogP contribution in [0.3, 0.4) is 0 Å². The third kappa shape index (κ3) is 2.46. The summed E-state index contributed by atoms with van der Waals surface area (Å²) < 4.78 is 5.11. The molecule has 0 aromatic carbocycles. The van der Waals surface area contributed by atoms with Gasteiger partial charge in [0.1, 0.15) is 6.04 Å². The zero-order chi connectivity index (χ0) is 13.9. The summed E-state index contributed by atoms with van der Waals surface area (Å²) in [6, 6.07) is 3.15. The molecule has 1 saturated heterocycles. The minimum atomic E-state index is -0.206. The molecule has 0 spiro atoms. The van der Waals surface area contributed by atoms with E-state index in [1.807, 2.05) is 12.2 Å². The Morgan fingerprint density at radius 1 is 1.20 bits per heavy atom. The normalized spacial score (nSPS) is 22.3. The average Bonchev–Trinajstić information content (AvgIpc) is 3.18. The van der Waals surface area contributed by atoms with E-state index in [4.69, 9.17) is 4.42 Å². The number of hydrogen-bond acceptors (Lipinski definition) is 4. The van der Waals surface area contributed by atoms with Crippen molar-refractivity contribution < 1.29 is 14.0 Å². The van der Waals surface area contributed by atoms with Crippen LogP contribution in [-0.4, -0.2) is 60.4 Å². The molecule has 0 aliphatic carbocycles. The van der Waals surface area contributed by atoms with Gasteiger partial charge in [0.25, 0.3) is 5.91 Å². The fourth-order valence-electron chi connectivity index (χ4n) is 2.52. The highest BCUT2D eigenvalue weighted by molar-refractivity contribution is 5.91. The van der Waals surface area contributed by atoms with E-state index in [-0.39, 0.29) is 17.9 Å². The molecule has 2 amide bonds. The molecule has 1 atom stereocenters. The van der Waals surface area contributed by atoms with Crippen LogP contribution in [0, 0.1) is 0 Å². The summed E-state index contributed by atoms with van der Waals surface area (Å²) in [6.45, 7) is 2.96. The van der Waals surface area contributed by atoms with Crippen LogP contribution in [0.4, 0.5) is 0 Å². The van der Waals surface area contributed by atoms with E-state index in [1.54, 1.807) is 21.9 Å². The Balaban J connectivity index is 1.55. The molecule has 0 unspecified atom stereocenters. The summed E-state index contributed by atoms with van der Waals surface area (Å²) in [7, 11) is 0. The number of hydrogen-bond donors (Lipinski definition) is 1. The molecule has 2 aliphatic rings. The van der Waals surface area contributed by atoms with Crippen LogP contribution in [0.2, 0.25) is 0 Å². The molecule has 6 heteroatoms. The van der Waals surface area contributed by atoms with Crippen LogP contribution in [0.5, 0.6) is 0 Å². The summed E-state index contributed by atoms with van der Waals surface area (Å²) in [5, 5.41) is 3.11. The van der Waals surface area contributed by atoms with Crippen LogP contribution in [0.25, 0.3) is 0 Å². The van der Waals surface area contributed by atoms with Crippen molar-refractivity contribution in [3.63, 3.8) is 0 Å². The van der Waals surface area contributed by atoms with E-state index in [2.05, 4.69) is 5.32 Å². The highest BCUT2D eigenvalue weighted by Gasteiger charge is 2.29. The highest BCUT2D eigenvalue weighted by atomic mass is 16.3. The molecule has 0 saturated carbocycles.